The van der Waals surface area contributed by atoms with Crippen LogP contribution in [0.25, 0.3) is 0 Å². The maximum absolute atomic E-state index is 12.6. The van der Waals surface area contributed by atoms with Gasteiger partial charge in [-0.15, -0.1) is 0 Å². The van der Waals surface area contributed by atoms with Crippen molar-refractivity contribution >= 4 is 11.6 Å². The molecule has 0 radical (unpaired) electrons. The summed E-state index contributed by atoms with van der Waals surface area (Å²) in [6, 6.07) is 9.90. The molecule has 1 amide bonds. The third-order valence-electron chi connectivity index (χ3n) is 4.99. The van der Waals surface area contributed by atoms with Crippen molar-refractivity contribution in [3.63, 3.8) is 0 Å². The molecule has 3 rings (SSSR count). The summed E-state index contributed by atoms with van der Waals surface area (Å²) < 4.78 is 0. The number of amides is 1. The Bertz CT molecular complexity index is 586. The van der Waals surface area contributed by atoms with Crippen LogP contribution in [0.4, 0.5) is 5.69 Å². The predicted molar refractivity (Wildman–Crippen MR) is 86.5 cm³/mol. The first-order valence-electron chi connectivity index (χ1n) is 8.22. The average Bonchev–Trinajstić information content (AvgIpc) is 3.03. The van der Waals surface area contributed by atoms with Gasteiger partial charge >= 0.3 is 0 Å². The molecule has 1 saturated carbocycles. The monoisotopic (exact) mass is 297 g/mol. The van der Waals surface area contributed by atoms with E-state index >= 15 is 0 Å². The van der Waals surface area contributed by atoms with E-state index in [-0.39, 0.29) is 5.91 Å². The molecule has 2 fully saturated rings. The number of hydrogen-bond donors (Lipinski definition) is 0. The molecule has 1 aliphatic heterocycles. The van der Waals surface area contributed by atoms with E-state index in [4.69, 9.17) is 0 Å². The summed E-state index contributed by atoms with van der Waals surface area (Å²) >= 11 is 0. The lowest BCUT2D eigenvalue weighted by molar-refractivity contribution is -0.122. The van der Waals surface area contributed by atoms with Crippen LogP contribution in [0.5, 0.6) is 0 Å². The molecule has 1 heterocycles. The zero-order valence-corrected chi connectivity index (χ0v) is 13.2. The first-order valence-corrected chi connectivity index (χ1v) is 8.22. The summed E-state index contributed by atoms with van der Waals surface area (Å²) in [7, 11) is 0. The maximum atomic E-state index is 12.6. The van der Waals surface area contributed by atoms with E-state index in [1.54, 1.807) is 11.0 Å². The molecule has 1 saturated heterocycles. The summed E-state index contributed by atoms with van der Waals surface area (Å²) in [5, 5.41) is 9.24. The zero-order valence-electron chi connectivity index (χ0n) is 13.2. The largest absolute Gasteiger partial charge is 0.308 e. The second-order valence-corrected chi connectivity index (χ2v) is 6.56. The van der Waals surface area contributed by atoms with E-state index in [1.807, 2.05) is 18.2 Å². The molecule has 0 bridgehead atoms. The number of nitrogens with zero attached hydrogens (tertiary/aromatic N) is 3. The third-order valence-corrected chi connectivity index (χ3v) is 4.99. The Labute approximate surface area is 132 Å². The van der Waals surface area contributed by atoms with Gasteiger partial charge in [0.1, 0.15) is 6.07 Å². The minimum absolute atomic E-state index is 0.110. The zero-order chi connectivity index (χ0) is 15.5. The lowest BCUT2D eigenvalue weighted by atomic mass is 10.0. The van der Waals surface area contributed by atoms with Gasteiger partial charge in [0.25, 0.3) is 0 Å². The van der Waals surface area contributed by atoms with Gasteiger partial charge in [0.05, 0.1) is 17.8 Å². The highest BCUT2D eigenvalue weighted by Gasteiger charge is 2.32. The number of hydrogen-bond acceptors (Lipinski definition) is 3. The van der Waals surface area contributed by atoms with Gasteiger partial charge < -0.3 is 4.90 Å². The van der Waals surface area contributed by atoms with E-state index in [0.717, 1.165) is 18.2 Å². The molecule has 1 aliphatic carbocycles. The van der Waals surface area contributed by atoms with E-state index in [9.17, 15) is 10.1 Å². The summed E-state index contributed by atoms with van der Waals surface area (Å²) in [5.41, 5.74) is 1.33. The Hall–Kier alpha value is -1.86. The van der Waals surface area contributed by atoms with Crippen LogP contribution in [0, 0.1) is 17.2 Å². The van der Waals surface area contributed by atoms with Crippen LogP contribution in [0.15, 0.2) is 24.3 Å². The fourth-order valence-corrected chi connectivity index (χ4v) is 3.70. The van der Waals surface area contributed by atoms with Gasteiger partial charge in [0, 0.05) is 19.1 Å². The molecule has 0 unspecified atom stereocenters. The number of para-hydroxylation sites is 1. The molecule has 1 aromatic carbocycles. The molecular formula is C18H23N3O. The van der Waals surface area contributed by atoms with Crippen LogP contribution in [-0.4, -0.2) is 36.5 Å². The normalized spacial score (nSPS) is 23.7. The van der Waals surface area contributed by atoms with Gasteiger partial charge in [-0.25, -0.2) is 0 Å². The number of nitriles is 1. The fourth-order valence-electron chi connectivity index (χ4n) is 3.70. The first-order chi connectivity index (χ1) is 10.7. The summed E-state index contributed by atoms with van der Waals surface area (Å²) in [6.45, 7) is 4.37. The summed E-state index contributed by atoms with van der Waals surface area (Å²) in [4.78, 5) is 16.7. The molecule has 0 spiro atoms. The van der Waals surface area contributed by atoms with Crippen molar-refractivity contribution in [2.45, 2.75) is 38.6 Å². The second kappa shape index (κ2) is 6.50. The van der Waals surface area contributed by atoms with E-state index < -0.39 is 0 Å². The number of anilines is 1. The molecule has 22 heavy (non-hydrogen) atoms. The minimum atomic E-state index is 0.110. The molecule has 4 nitrogen and oxygen atoms in total. The summed E-state index contributed by atoms with van der Waals surface area (Å²) in [6.07, 6.45) is 5.28. The molecule has 1 atom stereocenters. The van der Waals surface area contributed by atoms with Gasteiger partial charge in [-0.05, 0) is 37.8 Å². The molecule has 116 valence electrons. The fraction of sp³-hybridized carbons (Fsp3) is 0.556. The van der Waals surface area contributed by atoms with Crippen molar-refractivity contribution < 1.29 is 4.79 Å². The molecule has 2 aliphatic rings. The van der Waals surface area contributed by atoms with Crippen molar-refractivity contribution in [2.24, 2.45) is 5.92 Å². The minimum Gasteiger partial charge on any atom is -0.308 e. The molecule has 0 N–H and O–H groups in total. The quantitative estimate of drug-likeness (QED) is 0.862. The first kappa shape index (κ1) is 15.1. The topological polar surface area (TPSA) is 47.3 Å². The Morgan fingerprint density at radius 3 is 2.73 bits per heavy atom. The Balaban J connectivity index is 1.72. The van der Waals surface area contributed by atoms with Gasteiger partial charge in [-0.1, -0.05) is 25.0 Å². The van der Waals surface area contributed by atoms with Gasteiger partial charge in [-0.3, -0.25) is 9.69 Å². The van der Waals surface area contributed by atoms with Crippen molar-refractivity contribution in [3.8, 4) is 6.07 Å². The smallest absolute Gasteiger partial charge is 0.241 e. The average molecular weight is 297 g/mol. The number of rotatable bonds is 3. The lowest BCUT2D eigenvalue weighted by Crippen LogP contribution is -2.56. The van der Waals surface area contributed by atoms with E-state index in [0.29, 0.717) is 24.7 Å². The third kappa shape index (κ3) is 3.00. The number of carbonyl (C=O) groups is 1. The predicted octanol–water partition coefficient (Wildman–Crippen LogP) is 2.79. The molecule has 0 aromatic heterocycles. The van der Waals surface area contributed by atoms with Gasteiger partial charge in [0.2, 0.25) is 5.91 Å². The van der Waals surface area contributed by atoms with Crippen LogP contribution in [0.3, 0.4) is 0 Å². The molecule has 1 aromatic rings. The second-order valence-electron chi connectivity index (χ2n) is 6.56. The van der Waals surface area contributed by atoms with Crippen molar-refractivity contribution in [3.05, 3.63) is 29.8 Å². The molecular weight excluding hydrogens is 274 g/mol. The summed E-state index contributed by atoms with van der Waals surface area (Å²) in [5.74, 6) is 0.868. The van der Waals surface area contributed by atoms with Crippen LogP contribution >= 0.6 is 0 Å². The lowest BCUT2D eigenvalue weighted by Gasteiger charge is -2.40. The van der Waals surface area contributed by atoms with E-state index in [2.05, 4.69) is 17.9 Å². The highest BCUT2D eigenvalue weighted by Crippen LogP contribution is 2.28. The Kier molecular flexibility index (Phi) is 4.44. The van der Waals surface area contributed by atoms with Gasteiger partial charge in [0.15, 0.2) is 0 Å². The number of benzene rings is 1. The SMILES string of the molecule is C[C@H]1CN(c2ccccc2C#N)C(=O)CN1CC1CCCC1. The Morgan fingerprint density at radius 1 is 1.27 bits per heavy atom. The van der Waals surface area contributed by atoms with Crippen LogP contribution < -0.4 is 4.90 Å². The molecule has 4 heteroatoms. The highest BCUT2D eigenvalue weighted by atomic mass is 16.2. The van der Waals surface area contributed by atoms with Crippen LogP contribution in [-0.2, 0) is 4.79 Å². The van der Waals surface area contributed by atoms with Crippen molar-refractivity contribution in [1.82, 2.24) is 4.90 Å². The Morgan fingerprint density at radius 2 is 2.00 bits per heavy atom. The van der Waals surface area contributed by atoms with Crippen LogP contribution in [0.2, 0.25) is 0 Å². The number of piperazine rings is 1. The van der Waals surface area contributed by atoms with Crippen molar-refractivity contribution in [1.29, 1.82) is 5.26 Å². The van der Waals surface area contributed by atoms with E-state index in [1.165, 1.54) is 25.7 Å². The standard InChI is InChI=1S/C18H23N3O/c1-14-11-21(17-9-5-4-8-16(17)10-19)18(22)13-20(14)12-15-6-2-3-7-15/h4-5,8-9,14-15H,2-3,6-7,11-13H2,1H3/t14-/m0/s1. The highest BCUT2D eigenvalue weighted by molar-refractivity contribution is 5.96. The van der Waals surface area contributed by atoms with Crippen molar-refractivity contribution in [2.75, 3.05) is 24.5 Å². The van der Waals surface area contributed by atoms with Crippen LogP contribution in [0.1, 0.15) is 38.2 Å². The van der Waals surface area contributed by atoms with Gasteiger partial charge in [-0.2, -0.15) is 5.26 Å². The number of carbonyl (C=O) groups excluding carboxylic acids is 1. The maximum Gasteiger partial charge on any atom is 0.241 e.